The van der Waals surface area contributed by atoms with Gasteiger partial charge in [0.2, 0.25) is 0 Å². The van der Waals surface area contributed by atoms with Crippen LogP contribution in [0.4, 0.5) is 0 Å². The fraction of sp³-hybridized carbons (Fsp3) is 0.880. The molecular formula is C25H48O3. The molecule has 0 aliphatic carbocycles. The molecule has 0 amide bonds. The summed E-state index contributed by atoms with van der Waals surface area (Å²) in [5, 5.41) is 17.3. The van der Waals surface area contributed by atoms with Crippen LogP contribution in [0, 0.1) is 0 Å². The monoisotopic (exact) mass is 396 g/mol. The molecule has 0 atom stereocenters. The Morgan fingerprint density at radius 1 is 0.500 bits per heavy atom. The van der Waals surface area contributed by atoms with Crippen molar-refractivity contribution in [3.63, 3.8) is 0 Å². The van der Waals surface area contributed by atoms with Gasteiger partial charge < -0.3 is 10.2 Å². The van der Waals surface area contributed by atoms with E-state index in [2.05, 4.69) is 0 Å². The fourth-order valence-corrected chi connectivity index (χ4v) is 3.68. The molecule has 0 unspecified atom stereocenters. The Bertz CT molecular complexity index is 339. The predicted molar refractivity (Wildman–Crippen MR) is 121 cm³/mol. The molecule has 0 aromatic rings. The van der Waals surface area contributed by atoms with Crippen LogP contribution in [0.3, 0.4) is 0 Å². The number of hydrogen-bond donors (Lipinski definition) is 2. The van der Waals surface area contributed by atoms with E-state index >= 15 is 0 Å². The Hall–Kier alpha value is -0.830. The maximum atomic E-state index is 10.4. The lowest BCUT2D eigenvalue weighted by atomic mass is 10.0. The van der Waals surface area contributed by atoms with Crippen molar-refractivity contribution in [1.82, 2.24) is 0 Å². The quantitative estimate of drug-likeness (QED) is 0.137. The molecule has 0 aromatic carbocycles. The topological polar surface area (TPSA) is 57.5 Å². The number of unbranched alkanes of at least 4 members (excludes halogenated alkanes) is 19. The molecule has 28 heavy (non-hydrogen) atoms. The maximum absolute atomic E-state index is 10.4. The largest absolute Gasteiger partial charge is 0.481 e. The molecule has 0 aromatic heterocycles. The maximum Gasteiger partial charge on any atom is 0.307 e. The summed E-state index contributed by atoms with van der Waals surface area (Å²) in [5.41, 5.74) is 0. The van der Waals surface area contributed by atoms with E-state index in [4.69, 9.17) is 10.2 Å². The molecule has 0 rings (SSSR count). The number of carbonyl (C=O) groups is 1. The Morgan fingerprint density at radius 2 is 0.821 bits per heavy atom. The van der Waals surface area contributed by atoms with Gasteiger partial charge in [0.15, 0.2) is 0 Å². The van der Waals surface area contributed by atoms with Crippen LogP contribution in [0.5, 0.6) is 0 Å². The SMILES string of the molecule is O=C(O)C/C=C/CCCCCCCCCCCCCCCCCCCCCO. The van der Waals surface area contributed by atoms with Crippen molar-refractivity contribution in [1.29, 1.82) is 0 Å². The summed E-state index contributed by atoms with van der Waals surface area (Å²) in [6.45, 7) is 0.358. The van der Waals surface area contributed by atoms with Crippen molar-refractivity contribution in [2.24, 2.45) is 0 Å². The summed E-state index contributed by atoms with van der Waals surface area (Å²) in [5.74, 6) is -0.742. The molecule has 3 heteroatoms. The van der Waals surface area contributed by atoms with E-state index in [0.29, 0.717) is 6.61 Å². The molecule has 0 aliphatic heterocycles. The van der Waals surface area contributed by atoms with Crippen LogP contribution in [0.15, 0.2) is 12.2 Å². The van der Waals surface area contributed by atoms with Gasteiger partial charge in [0.1, 0.15) is 0 Å². The van der Waals surface area contributed by atoms with E-state index in [-0.39, 0.29) is 6.42 Å². The molecule has 0 radical (unpaired) electrons. The number of carboxylic acids is 1. The highest BCUT2D eigenvalue weighted by molar-refractivity contribution is 5.68. The highest BCUT2D eigenvalue weighted by atomic mass is 16.4. The second-order valence-electron chi connectivity index (χ2n) is 8.30. The molecule has 0 bridgehead atoms. The number of aliphatic carboxylic acids is 1. The van der Waals surface area contributed by atoms with Gasteiger partial charge in [-0.3, -0.25) is 4.79 Å². The third kappa shape index (κ3) is 25.2. The smallest absolute Gasteiger partial charge is 0.307 e. The minimum absolute atomic E-state index is 0.159. The van der Waals surface area contributed by atoms with Gasteiger partial charge in [-0.25, -0.2) is 0 Å². The average Bonchev–Trinajstić information content (AvgIpc) is 2.68. The van der Waals surface area contributed by atoms with Gasteiger partial charge in [-0.05, 0) is 19.3 Å². The highest BCUT2D eigenvalue weighted by Crippen LogP contribution is 2.14. The number of aliphatic hydroxyl groups excluding tert-OH is 1. The van der Waals surface area contributed by atoms with Gasteiger partial charge in [-0.2, -0.15) is 0 Å². The summed E-state index contributed by atoms with van der Waals surface area (Å²) in [4.78, 5) is 10.4. The summed E-state index contributed by atoms with van der Waals surface area (Å²) < 4.78 is 0. The van der Waals surface area contributed by atoms with Crippen LogP contribution >= 0.6 is 0 Å². The lowest BCUT2D eigenvalue weighted by molar-refractivity contribution is -0.136. The number of rotatable bonds is 23. The minimum atomic E-state index is -0.742. The zero-order chi connectivity index (χ0) is 20.5. The van der Waals surface area contributed by atoms with Crippen LogP contribution in [0.1, 0.15) is 135 Å². The van der Waals surface area contributed by atoms with Gasteiger partial charge in [0, 0.05) is 6.61 Å². The third-order valence-electron chi connectivity index (χ3n) is 5.49. The number of hydrogen-bond acceptors (Lipinski definition) is 2. The molecular weight excluding hydrogens is 348 g/mol. The van der Waals surface area contributed by atoms with Crippen molar-refractivity contribution in [2.45, 2.75) is 135 Å². The molecule has 0 spiro atoms. The zero-order valence-corrected chi connectivity index (χ0v) is 18.5. The van der Waals surface area contributed by atoms with Crippen molar-refractivity contribution in [2.75, 3.05) is 6.61 Å². The molecule has 166 valence electrons. The summed E-state index contributed by atoms with van der Waals surface area (Å²) in [6.07, 6.45) is 30.4. The molecule has 0 saturated carbocycles. The molecule has 0 fully saturated rings. The third-order valence-corrected chi connectivity index (χ3v) is 5.49. The molecule has 3 nitrogen and oxygen atoms in total. The normalized spacial score (nSPS) is 11.5. The van der Waals surface area contributed by atoms with Gasteiger partial charge in [-0.15, -0.1) is 0 Å². The van der Waals surface area contributed by atoms with Gasteiger partial charge in [0.25, 0.3) is 0 Å². The van der Waals surface area contributed by atoms with Gasteiger partial charge in [-0.1, -0.05) is 121 Å². The van der Waals surface area contributed by atoms with Crippen LogP contribution in [0.25, 0.3) is 0 Å². The predicted octanol–water partition coefficient (Wildman–Crippen LogP) is 7.81. The lowest BCUT2D eigenvalue weighted by Crippen LogP contribution is -1.89. The Kier molecular flexibility index (Phi) is 23.5. The van der Waals surface area contributed by atoms with Crippen molar-refractivity contribution >= 4 is 5.97 Å². The van der Waals surface area contributed by atoms with Gasteiger partial charge in [0.05, 0.1) is 6.42 Å². The second kappa shape index (κ2) is 24.2. The first kappa shape index (κ1) is 27.2. The minimum Gasteiger partial charge on any atom is -0.481 e. The zero-order valence-electron chi connectivity index (χ0n) is 18.5. The molecule has 0 aliphatic rings. The van der Waals surface area contributed by atoms with E-state index in [1.807, 2.05) is 6.08 Å². The molecule has 0 saturated heterocycles. The average molecular weight is 397 g/mol. The fourth-order valence-electron chi connectivity index (χ4n) is 3.68. The Labute approximate surface area is 175 Å². The van der Waals surface area contributed by atoms with Crippen LogP contribution in [0.2, 0.25) is 0 Å². The summed E-state index contributed by atoms with van der Waals surface area (Å²) >= 11 is 0. The number of aliphatic hydroxyl groups is 1. The van der Waals surface area contributed by atoms with E-state index in [9.17, 15) is 4.79 Å². The lowest BCUT2D eigenvalue weighted by Gasteiger charge is -2.04. The number of carboxylic acid groups (broad SMARTS) is 1. The summed E-state index contributed by atoms with van der Waals surface area (Å²) in [6, 6.07) is 0. The Balaban J connectivity index is 3.03. The first-order valence-electron chi connectivity index (χ1n) is 12.2. The van der Waals surface area contributed by atoms with Crippen molar-refractivity contribution < 1.29 is 15.0 Å². The Morgan fingerprint density at radius 3 is 1.14 bits per heavy atom. The first-order chi connectivity index (χ1) is 13.8. The summed E-state index contributed by atoms with van der Waals surface area (Å²) in [7, 11) is 0. The van der Waals surface area contributed by atoms with Crippen LogP contribution in [-0.4, -0.2) is 22.8 Å². The van der Waals surface area contributed by atoms with Crippen LogP contribution < -0.4 is 0 Å². The van der Waals surface area contributed by atoms with E-state index in [1.54, 1.807) is 6.08 Å². The molecule has 0 heterocycles. The second-order valence-corrected chi connectivity index (χ2v) is 8.30. The molecule has 2 N–H and O–H groups in total. The number of allylic oxidation sites excluding steroid dienone is 1. The standard InChI is InChI=1S/C25H48O3/c26-24-22-20-18-16-14-12-10-8-6-4-2-1-3-5-7-9-11-13-15-17-19-21-23-25(27)28/h19,21,26H,1-18,20,22-24H2,(H,27,28)/b21-19+. The van der Waals surface area contributed by atoms with Gasteiger partial charge >= 0.3 is 5.97 Å². The first-order valence-corrected chi connectivity index (χ1v) is 12.2. The van der Waals surface area contributed by atoms with Crippen LogP contribution in [-0.2, 0) is 4.79 Å². The van der Waals surface area contributed by atoms with E-state index < -0.39 is 5.97 Å². The highest BCUT2D eigenvalue weighted by Gasteiger charge is 1.95. The van der Waals surface area contributed by atoms with E-state index in [1.165, 1.54) is 116 Å². The van der Waals surface area contributed by atoms with Crippen molar-refractivity contribution in [3.05, 3.63) is 12.2 Å². The van der Waals surface area contributed by atoms with Crippen molar-refractivity contribution in [3.8, 4) is 0 Å². The van der Waals surface area contributed by atoms with E-state index in [0.717, 1.165) is 12.8 Å².